The number of hydrogen-bond acceptors (Lipinski definition) is 5. The Morgan fingerprint density at radius 1 is 1.06 bits per heavy atom. The van der Waals surface area contributed by atoms with E-state index in [2.05, 4.69) is 10.6 Å². The molecule has 188 valence electrons. The minimum absolute atomic E-state index is 0.0271. The Labute approximate surface area is 215 Å². The molecule has 2 aromatic carbocycles. The summed E-state index contributed by atoms with van der Waals surface area (Å²) >= 11 is 1.31. The number of carbonyl (C=O) groups excluding carboxylic acids is 3. The van der Waals surface area contributed by atoms with Crippen LogP contribution < -0.4 is 15.5 Å². The molecule has 8 heteroatoms. The zero-order chi connectivity index (χ0) is 25.5. The van der Waals surface area contributed by atoms with Crippen LogP contribution in [0.25, 0.3) is 0 Å². The van der Waals surface area contributed by atoms with Crippen LogP contribution in [0.1, 0.15) is 45.2 Å². The highest BCUT2D eigenvalue weighted by Gasteiger charge is 2.34. The Balaban J connectivity index is 1.66. The quantitative estimate of drug-likeness (QED) is 0.457. The first-order valence-electron chi connectivity index (χ1n) is 12.1. The molecule has 7 nitrogen and oxygen atoms in total. The third kappa shape index (κ3) is 6.19. The van der Waals surface area contributed by atoms with Gasteiger partial charge in [-0.15, -0.1) is 11.3 Å². The number of anilines is 1. The number of benzene rings is 2. The van der Waals surface area contributed by atoms with Crippen molar-refractivity contribution in [2.75, 3.05) is 24.6 Å². The van der Waals surface area contributed by atoms with Crippen LogP contribution in [0, 0.1) is 13.8 Å². The summed E-state index contributed by atoms with van der Waals surface area (Å²) in [6, 6.07) is 17.6. The Bertz CT molecular complexity index is 1190. The smallest absolute Gasteiger partial charge is 0.261 e. The lowest BCUT2D eigenvalue weighted by Crippen LogP contribution is -2.48. The van der Waals surface area contributed by atoms with Crippen molar-refractivity contribution in [1.82, 2.24) is 10.6 Å². The fourth-order valence-electron chi connectivity index (χ4n) is 4.40. The van der Waals surface area contributed by atoms with E-state index < -0.39 is 6.04 Å². The summed E-state index contributed by atoms with van der Waals surface area (Å²) in [4.78, 5) is 42.0. The van der Waals surface area contributed by atoms with Gasteiger partial charge in [-0.1, -0.05) is 54.1 Å². The van der Waals surface area contributed by atoms with Crippen molar-refractivity contribution in [3.63, 3.8) is 0 Å². The van der Waals surface area contributed by atoms with Gasteiger partial charge in [-0.25, -0.2) is 0 Å². The summed E-state index contributed by atoms with van der Waals surface area (Å²) in [5.74, 6) is -0.999. The molecule has 1 aromatic heterocycles. The van der Waals surface area contributed by atoms with Crippen LogP contribution in [-0.4, -0.2) is 43.5 Å². The molecule has 0 bridgehead atoms. The van der Waals surface area contributed by atoms with Crippen molar-refractivity contribution in [3.8, 4) is 0 Å². The van der Waals surface area contributed by atoms with E-state index >= 15 is 0 Å². The van der Waals surface area contributed by atoms with Crippen LogP contribution in [0.5, 0.6) is 0 Å². The van der Waals surface area contributed by atoms with Crippen LogP contribution in [0.2, 0.25) is 0 Å². The molecular weight excluding hydrogens is 474 g/mol. The molecule has 2 N–H and O–H groups in total. The molecule has 2 heterocycles. The molecule has 0 radical (unpaired) electrons. The number of thiophene rings is 1. The van der Waals surface area contributed by atoms with Crippen LogP contribution in [0.3, 0.4) is 0 Å². The van der Waals surface area contributed by atoms with E-state index in [-0.39, 0.29) is 30.4 Å². The fourth-order valence-corrected chi connectivity index (χ4v) is 5.04. The van der Waals surface area contributed by atoms with Gasteiger partial charge in [0.2, 0.25) is 11.8 Å². The lowest BCUT2D eigenvalue weighted by molar-refractivity contribution is -0.126. The first-order chi connectivity index (χ1) is 17.4. The number of carbonyl (C=O) groups is 3. The van der Waals surface area contributed by atoms with Crippen LogP contribution in [-0.2, 0) is 14.3 Å². The molecule has 0 spiro atoms. The molecule has 2 atom stereocenters. The number of ether oxygens (including phenoxy) is 1. The second-order valence-corrected chi connectivity index (χ2v) is 9.85. The van der Waals surface area contributed by atoms with Gasteiger partial charge < -0.3 is 15.4 Å². The Kier molecular flexibility index (Phi) is 8.51. The molecule has 3 amide bonds. The second kappa shape index (κ2) is 12.0. The average Bonchev–Trinajstić information content (AvgIpc) is 3.60. The van der Waals surface area contributed by atoms with Gasteiger partial charge in [0.05, 0.1) is 17.5 Å². The number of amides is 3. The molecule has 1 fully saturated rings. The highest BCUT2D eigenvalue weighted by Crippen LogP contribution is 2.31. The van der Waals surface area contributed by atoms with E-state index in [1.807, 2.05) is 67.8 Å². The average molecular weight is 506 g/mol. The van der Waals surface area contributed by atoms with Crippen molar-refractivity contribution < 1.29 is 19.1 Å². The molecule has 1 aliphatic rings. The third-order valence-corrected chi connectivity index (χ3v) is 7.04. The second-order valence-electron chi connectivity index (χ2n) is 8.91. The molecule has 1 saturated heterocycles. The first-order valence-corrected chi connectivity index (χ1v) is 13.0. The normalized spacial score (nSPS) is 15.8. The maximum absolute atomic E-state index is 13.7. The van der Waals surface area contributed by atoms with Crippen molar-refractivity contribution in [3.05, 3.63) is 87.6 Å². The first kappa shape index (κ1) is 25.6. The lowest BCUT2D eigenvalue weighted by atomic mass is 10.0. The zero-order valence-corrected chi connectivity index (χ0v) is 21.3. The van der Waals surface area contributed by atoms with Gasteiger partial charge in [-0.3, -0.25) is 19.3 Å². The van der Waals surface area contributed by atoms with Gasteiger partial charge in [-0.05, 0) is 55.3 Å². The van der Waals surface area contributed by atoms with Crippen LogP contribution in [0.15, 0.2) is 66.0 Å². The van der Waals surface area contributed by atoms with Crippen molar-refractivity contribution in [2.45, 2.75) is 38.8 Å². The summed E-state index contributed by atoms with van der Waals surface area (Å²) in [5.41, 5.74) is 3.21. The molecule has 4 rings (SSSR count). The zero-order valence-electron chi connectivity index (χ0n) is 20.5. The van der Waals surface area contributed by atoms with Crippen LogP contribution >= 0.6 is 11.3 Å². The highest BCUT2D eigenvalue weighted by atomic mass is 32.1. The predicted octanol–water partition coefficient (Wildman–Crippen LogP) is 4.16. The highest BCUT2D eigenvalue weighted by molar-refractivity contribution is 7.12. The van der Waals surface area contributed by atoms with Gasteiger partial charge in [0.1, 0.15) is 6.04 Å². The maximum Gasteiger partial charge on any atom is 0.261 e. The van der Waals surface area contributed by atoms with Gasteiger partial charge in [0.25, 0.3) is 5.91 Å². The molecule has 0 aliphatic carbocycles. The topological polar surface area (TPSA) is 87.7 Å². The molecular formula is C28H31N3O4S. The van der Waals surface area contributed by atoms with Gasteiger partial charge in [0, 0.05) is 18.8 Å². The number of aryl methyl sites for hydroxylation is 2. The number of rotatable bonds is 9. The van der Waals surface area contributed by atoms with E-state index in [9.17, 15) is 14.4 Å². The minimum Gasteiger partial charge on any atom is -0.376 e. The maximum atomic E-state index is 13.7. The Morgan fingerprint density at radius 3 is 2.53 bits per heavy atom. The summed E-state index contributed by atoms with van der Waals surface area (Å²) in [5, 5.41) is 7.53. The number of hydrogen-bond donors (Lipinski definition) is 2. The minimum atomic E-state index is -0.917. The Morgan fingerprint density at radius 2 is 1.86 bits per heavy atom. The summed E-state index contributed by atoms with van der Waals surface area (Å²) in [7, 11) is 0. The van der Waals surface area contributed by atoms with E-state index in [4.69, 9.17) is 4.74 Å². The summed E-state index contributed by atoms with van der Waals surface area (Å²) in [6.07, 6.45) is 1.84. The molecule has 0 saturated carbocycles. The Hall–Kier alpha value is -3.49. The van der Waals surface area contributed by atoms with E-state index in [0.29, 0.717) is 29.3 Å². The van der Waals surface area contributed by atoms with Crippen LogP contribution in [0.4, 0.5) is 5.69 Å². The van der Waals surface area contributed by atoms with Gasteiger partial charge in [-0.2, -0.15) is 0 Å². The van der Waals surface area contributed by atoms with E-state index in [0.717, 1.165) is 24.0 Å². The molecule has 3 aromatic rings. The predicted molar refractivity (Wildman–Crippen MR) is 141 cm³/mol. The third-order valence-electron chi connectivity index (χ3n) is 6.18. The molecule has 2 unspecified atom stereocenters. The lowest BCUT2D eigenvalue weighted by Gasteiger charge is -2.33. The molecule has 1 aliphatic heterocycles. The standard InChI is InChI=1S/C28H31N3O4S/c1-19-12-13-23(20(2)16-19)31(25(32)18-30-27(33)24-11-7-15-36-24)26(21-8-4-3-5-9-21)28(34)29-17-22-10-6-14-35-22/h3-5,7-9,11-13,15-16,22,26H,6,10,14,17-18H2,1-2H3,(H,29,34)(H,30,33). The molecule has 36 heavy (non-hydrogen) atoms. The van der Waals surface area contributed by atoms with Crippen molar-refractivity contribution in [1.29, 1.82) is 0 Å². The summed E-state index contributed by atoms with van der Waals surface area (Å²) < 4.78 is 5.67. The van der Waals surface area contributed by atoms with Gasteiger partial charge in [0.15, 0.2) is 0 Å². The largest absolute Gasteiger partial charge is 0.376 e. The van der Waals surface area contributed by atoms with E-state index in [1.54, 1.807) is 12.1 Å². The monoisotopic (exact) mass is 505 g/mol. The number of nitrogens with zero attached hydrogens (tertiary/aromatic N) is 1. The fraction of sp³-hybridized carbons (Fsp3) is 0.321. The van der Waals surface area contributed by atoms with Crippen molar-refractivity contribution in [2.24, 2.45) is 0 Å². The van der Waals surface area contributed by atoms with Gasteiger partial charge >= 0.3 is 0 Å². The SMILES string of the molecule is Cc1ccc(N(C(=O)CNC(=O)c2cccs2)C(C(=O)NCC2CCCO2)c2ccccc2)c(C)c1. The van der Waals surface area contributed by atoms with E-state index in [1.165, 1.54) is 16.2 Å². The number of nitrogens with one attached hydrogen (secondary N) is 2. The van der Waals surface area contributed by atoms with Crippen molar-refractivity contribution >= 4 is 34.7 Å². The summed E-state index contributed by atoms with van der Waals surface area (Å²) in [6.45, 7) is 4.73.